The fraction of sp³-hybridized carbons (Fsp3) is 0.625. The Morgan fingerprint density at radius 1 is 1.23 bits per heavy atom. The minimum absolute atomic E-state index is 0.437. The van der Waals surface area contributed by atoms with Gasteiger partial charge >= 0.3 is 0 Å². The maximum Gasteiger partial charge on any atom is 0.279 e. The molecular weight excluding hydrogens is 298 g/mol. The van der Waals surface area contributed by atoms with E-state index in [1.165, 1.54) is 5.56 Å². The van der Waals surface area contributed by atoms with Gasteiger partial charge in [-0.05, 0) is 43.0 Å². The SMILES string of the molecule is CCN1CC[C@H](CNS(=O)(=O)N2CCc3ccccc3C2)C1. The van der Waals surface area contributed by atoms with E-state index < -0.39 is 10.2 Å². The Hall–Kier alpha value is -0.950. The van der Waals surface area contributed by atoms with Crippen molar-refractivity contribution < 1.29 is 8.42 Å². The molecule has 0 spiro atoms. The molecule has 0 amide bonds. The summed E-state index contributed by atoms with van der Waals surface area (Å²) in [6, 6.07) is 8.10. The van der Waals surface area contributed by atoms with Crippen LogP contribution < -0.4 is 4.72 Å². The van der Waals surface area contributed by atoms with Crippen LogP contribution >= 0.6 is 0 Å². The molecule has 1 N–H and O–H groups in total. The average molecular weight is 323 g/mol. The molecule has 1 aromatic carbocycles. The van der Waals surface area contributed by atoms with Gasteiger partial charge in [-0.2, -0.15) is 12.7 Å². The van der Waals surface area contributed by atoms with Crippen molar-refractivity contribution in [1.29, 1.82) is 0 Å². The van der Waals surface area contributed by atoms with Gasteiger partial charge in [-0.25, -0.2) is 4.72 Å². The Bertz CT molecular complexity index is 618. The summed E-state index contributed by atoms with van der Waals surface area (Å²) in [5.74, 6) is 0.437. The quantitative estimate of drug-likeness (QED) is 0.886. The topological polar surface area (TPSA) is 52.7 Å². The molecule has 0 radical (unpaired) electrons. The number of benzene rings is 1. The van der Waals surface area contributed by atoms with Crippen LogP contribution in [0.3, 0.4) is 0 Å². The molecule has 2 aliphatic rings. The Kier molecular flexibility index (Phi) is 4.82. The lowest BCUT2D eigenvalue weighted by Gasteiger charge is -2.28. The van der Waals surface area contributed by atoms with Gasteiger partial charge in [-0.3, -0.25) is 0 Å². The largest absolute Gasteiger partial charge is 0.303 e. The van der Waals surface area contributed by atoms with E-state index in [9.17, 15) is 8.42 Å². The van der Waals surface area contributed by atoms with E-state index in [-0.39, 0.29) is 0 Å². The Morgan fingerprint density at radius 3 is 2.73 bits per heavy atom. The van der Waals surface area contributed by atoms with Gasteiger partial charge in [-0.1, -0.05) is 31.2 Å². The molecule has 1 fully saturated rings. The second-order valence-electron chi connectivity index (χ2n) is 6.25. The molecule has 1 aromatic rings. The highest BCUT2D eigenvalue weighted by Gasteiger charge is 2.28. The molecule has 2 heterocycles. The van der Waals surface area contributed by atoms with Gasteiger partial charge in [0.05, 0.1) is 0 Å². The number of likely N-dealkylation sites (tertiary alicyclic amines) is 1. The second-order valence-corrected chi connectivity index (χ2v) is 8.01. The lowest BCUT2D eigenvalue weighted by Crippen LogP contribution is -2.44. The fourth-order valence-corrected chi connectivity index (χ4v) is 4.63. The third-order valence-corrected chi connectivity index (χ3v) is 6.33. The van der Waals surface area contributed by atoms with E-state index in [0.29, 0.717) is 25.6 Å². The molecule has 0 bridgehead atoms. The van der Waals surface area contributed by atoms with Crippen LogP contribution in [0, 0.1) is 5.92 Å². The van der Waals surface area contributed by atoms with Crippen molar-refractivity contribution in [2.45, 2.75) is 26.3 Å². The van der Waals surface area contributed by atoms with Crippen LogP contribution in [-0.2, 0) is 23.2 Å². The molecule has 0 aliphatic carbocycles. The summed E-state index contributed by atoms with van der Waals surface area (Å²) in [7, 11) is -3.37. The maximum atomic E-state index is 12.5. The Labute approximate surface area is 133 Å². The first-order chi connectivity index (χ1) is 10.6. The van der Waals surface area contributed by atoms with Gasteiger partial charge in [0.1, 0.15) is 0 Å². The van der Waals surface area contributed by atoms with E-state index in [4.69, 9.17) is 0 Å². The van der Waals surface area contributed by atoms with Gasteiger partial charge in [0.15, 0.2) is 0 Å². The molecule has 5 nitrogen and oxygen atoms in total. The van der Waals surface area contributed by atoms with E-state index in [1.54, 1.807) is 4.31 Å². The fourth-order valence-electron chi connectivity index (χ4n) is 3.36. The zero-order valence-electron chi connectivity index (χ0n) is 13.2. The maximum absolute atomic E-state index is 12.5. The van der Waals surface area contributed by atoms with Crippen LogP contribution in [0.25, 0.3) is 0 Å². The van der Waals surface area contributed by atoms with Crippen LogP contribution in [-0.4, -0.2) is 50.3 Å². The number of hydrogen-bond donors (Lipinski definition) is 1. The van der Waals surface area contributed by atoms with E-state index in [0.717, 1.165) is 38.0 Å². The van der Waals surface area contributed by atoms with E-state index in [2.05, 4.69) is 22.6 Å². The first-order valence-corrected chi connectivity index (χ1v) is 9.56. The molecular formula is C16H25N3O2S. The van der Waals surface area contributed by atoms with Gasteiger partial charge in [0, 0.05) is 26.2 Å². The molecule has 0 saturated carbocycles. The molecule has 122 valence electrons. The molecule has 1 atom stereocenters. The number of nitrogens with zero attached hydrogens (tertiary/aromatic N) is 2. The van der Waals surface area contributed by atoms with Crippen molar-refractivity contribution in [2.75, 3.05) is 32.7 Å². The predicted octanol–water partition coefficient (Wildman–Crippen LogP) is 1.22. The van der Waals surface area contributed by atoms with Crippen molar-refractivity contribution in [1.82, 2.24) is 13.9 Å². The molecule has 0 aromatic heterocycles. The van der Waals surface area contributed by atoms with Gasteiger partial charge in [0.2, 0.25) is 0 Å². The van der Waals surface area contributed by atoms with Crippen LogP contribution in [0.1, 0.15) is 24.5 Å². The number of hydrogen-bond acceptors (Lipinski definition) is 3. The summed E-state index contributed by atoms with van der Waals surface area (Å²) in [5.41, 5.74) is 2.39. The first kappa shape index (κ1) is 15.9. The van der Waals surface area contributed by atoms with Gasteiger partial charge < -0.3 is 4.90 Å². The van der Waals surface area contributed by atoms with Crippen LogP contribution in [0.2, 0.25) is 0 Å². The molecule has 3 rings (SSSR count). The zero-order valence-corrected chi connectivity index (χ0v) is 14.0. The standard InChI is InChI=1S/C16H25N3O2S/c1-2-18-9-7-14(12-18)11-17-22(20,21)19-10-8-15-5-3-4-6-16(15)13-19/h3-6,14,17H,2,7-13H2,1H3/t14-/m1/s1. The van der Waals surface area contributed by atoms with Crippen molar-refractivity contribution in [3.05, 3.63) is 35.4 Å². The minimum Gasteiger partial charge on any atom is -0.303 e. The summed E-state index contributed by atoms with van der Waals surface area (Å²) in [4.78, 5) is 2.37. The highest BCUT2D eigenvalue weighted by molar-refractivity contribution is 7.87. The smallest absolute Gasteiger partial charge is 0.279 e. The second kappa shape index (κ2) is 6.66. The molecule has 22 heavy (non-hydrogen) atoms. The normalized spacial score (nSPS) is 23.6. The Morgan fingerprint density at radius 2 is 2.00 bits per heavy atom. The minimum atomic E-state index is -3.37. The van der Waals surface area contributed by atoms with Crippen molar-refractivity contribution in [3.63, 3.8) is 0 Å². The van der Waals surface area contributed by atoms with Gasteiger partial charge in [-0.15, -0.1) is 0 Å². The summed E-state index contributed by atoms with van der Waals surface area (Å²) in [6.07, 6.45) is 1.88. The molecule has 1 saturated heterocycles. The van der Waals surface area contributed by atoms with Crippen LogP contribution in [0.15, 0.2) is 24.3 Å². The number of nitrogens with one attached hydrogen (secondary N) is 1. The Balaban J connectivity index is 1.58. The lowest BCUT2D eigenvalue weighted by molar-refractivity contribution is 0.339. The van der Waals surface area contributed by atoms with Crippen molar-refractivity contribution in [2.24, 2.45) is 5.92 Å². The predicted molar refractivity (Wildman–Crippen MR) is 87.7 cm³/mol. The summed E-state index contributed by atoms with van der Waals surface area (Å²) >= 11 is 0. The van der Waals surface area contributed by atoms with Crippen molar-refractivity contribution >= 4 is 10.2 Å². The molecule has 6 heteroatoms. The van der Waals surface area contributed by atoms with Crippen LogP contribution in [0.5, 0.6) is 0 Å². The highest BCUT2D eigenvalue weighted by Crippen LogP contribution is 2.21. The summed E-state index contributed by atoms with van der Waals surface area (Å²) in [6.45, 7) is 6.89. The summed E-state index contributed by atoms with van der Waals surface area (Å²) in [5, 5.41) is 0. The van der Waals surface area contributed by atoms with Crippen LogP contribution in [0.4, 0.5) is 0 Å². The monoisotopic (exact) mass is 323 g/mol. The summed E-state index contributed by atoms with van der Waals surface area (Å²) < 4.78 is 29.4. The lowest BCUT2D eigenvalue weighted by atomic mass is 10.0. The van der Waals surface area contributed by atoms with Crippen molar-refractivity contribution in [3.8, 4) is 0 Å². The highest BCUT2D eigenvalue weighted by atomic mass is 32.2. The first-order valence-electron chi connectivity index (χ1n) is 8.12. The average Bonchev–Trinajstić information content (AvgIpc) is 3.01. The van der Waals surface area contributed by atoms with E-state index in [1.807, 2.05) is 18.2 Å². The molecule has 2 aliphatic heterocycles. The number of fused-ring (bicyclic) bond motifs is 1. The third-order valence-electron chi connectivity index (χ3n) is 4.81. The van der Waals surface area contributed by atoms with E-state index >= 15 is 0 Å². The molecule has 0 unspecified atom stereocenters. The number of rotatable bonds is 5. The third kappa shape index (κ3) is 3.51. The van der Waals surface area contributed by atoms with Gasteiger partial charge in [0.25, 0.3) is 10.2 Å². The zero-order chi connectivity index (χ0) is 15.6.